The van der Waals surface area contributed by atoms with Crippen molar-refractivity contribution in [2.45, 2.75) is 9.79 Å². The minimum absolute atomic E-state index is 0.0279. The summed E-state index contributed by atoms with van der Waals surface area (Å²) in [6.07, 6.45) is 1.47. The highest BCUT2D eigenvalue weighted by atomic mass is 35.5. The second-order valence-corrected chi connectivity index (χ2v) is 7.77. The monoisotopic (exact) mass is 407 g/mol. The van der Waals surface area contributed by atoms with E-state index < -0.39 is 10.0 Å². The number of rotatable bonds is 5. The summed E-state index contributed by atoms with van der Waals surface area (Å²) < 4.78 is 32.9. The second kappa shape index (κ2) is 7.53. The standard InChI is InChI=1S/C17H14ClN3O3S2/c1-24-17-16(19-10-13(20-17)11-5-3-2-4-6-11)21-26(22,23)15-9-12(18)7-8-14(15)25/h2-10,25H,1H3,(H,19,21). The first kappa shape index (κ1) is 18.5. The van der Waals surface area contributed by atoms with Crippen LogP contribution in [0.3, 0.4) is 0 Å². The number of ether oxygens (including phenoxy) is 1. The summed E-state index contributed by atoms with van der Waals surface area (Å²) in [6.45, 7) is 0. The molecule has 1 N–H and O–H groups in total. The van der Waals surface area contributed by atoms with Gasteiger partial charge >= 0.3 is 0 Å². The molecule has 0 aliphatic rings. The molecule has 134 valence electrons. The number of anilines is 1. The number of hydrogen-bond donors (Lipinski definition) is 2. The van der Waals surface area contributed by atoms with Crippen LogP contribution in [-0.2, 0) is 10.0 Å². The molecule has 26 heavy (non-hydrogen) atoms. The van der Waals surface area contributed by atoms with E-state index in [2.05, 4.69) is 27.3 Å². The van der Waals surface area contributed by atoms with Gasteiger partial charge in [0, 0.05) is 15.5 Å². The van der Waals surface area contributed by atoms with Crippen molar-refractivity contribution < 1.29 is 13.2 Å². The molecule has 1 aromatic heterocycles. The highest BCUT2D eigenvalue weighted by molar-refractivity contribution is 7.93. The molecule has 0 saturated heterocycles. The molecule has 0 unspecified atom stereocenters. The van der Waals surface area contributed by atoms with E-state index in [4.69, 9.17) is 16.3 Å². The predicted octanol–water partition coefficient (Wildman–Crippen LogP) is 3.90. The van der Waals surface area contributed by atoms with E-state index in [-0.39, 0.29) is 26.5 Å². The van der Waals surface area contributed by atoms with E-state index in [1.165, 1.54) is 25.4 Å². The van der Waals surface area contributed by atoms with Crippen molar-refractivity contribution in [3.63, 3.8) is 0 Å². The molecule has 3 rings (SSSR count). The Morgan fingerprint density at radius 1 is 1.15 bits per heavy atom. The zero-order chi connectivity index (χ0) is 18.7. The molecule has 3 aromatic rings. The molecule has 0 spiro atoms. The summed E-state index contributed by atoms with van der Waals surface area (Å²) in [6, 6.07) is 13.7. The van der Waals surface area contributed by atoms with Crippen molar-refractivity contribution in [2.24, 2.45) is 0 Å². The largest absolute Gasteiger partial charge is 0.478 e. The van der Waals surface area contributed by atoms with Crippen molar-refractivity contribution in [1.29, 1.82) is 0 Å². The lowest BCUT2D eigenvalue weighted by molar-refractivity contribution is 0.399. The quantitative estimate of drug-likeness (QED) is 0.627. The third-order valence-electron chi connectivity index (χ3n) is 3.45. The summed E-state index contributed by atoms with van der Waals surface area (Å²) in [5, 5.41) is 0.278. The van der Waals surface area contributed by atoms with E-state index in [0.29, 0.717) is 5.69 Å². The molecule has 0 saturated carbocycles. The Morgan fingerprint density at radius 3 is 2.58 bits per heavy atom. The Morgan fingerprint density at radius 2 is 1.88 bits per heavy atom. The van der Waals surface area contributed by atoms with Gasteiger partial charge in [-0.3, -0.25) is 4.72 Å². The normalized spacial score (nSPS) is 11.2. The summed E-state index contributed by atoms with van der Waals surface area (Å²) in [7, 11) is -2.58. The van der Waals surface area contributed by atoms with Gasteiger partial charge in [-0.2, -0.15) is 0 Å². The van der Waals surface area contributed by atoms with Gasteiger partial charge < -0.3 is 4.74 Å². The number of aromatic nitrogens is 2. The van der Waals surface area contributed by atoms with Crippen LogP contribution in [0.15, 0.2) is 64.5 Å². The Balaban J connectivity index is 1.98. The van der Waals surface area contributed by atoms with Crippen molar-refractivity contribution >= 4 is 40.1 Å². The van der Waals surface area contributed by atoms with Crippen LogP contribution in [0.25, 0.3) is 11.3 Å². The summed E-state index contributed by atoms with van der Waals surface area (Å²) in [4.78, 5) is 8.67. The van der Waals surface area contributed by atoms with E-state index in [1.807, 2.05) is 30.3 Å². The van der Waals surface area contributed by atoms with Gasteiger partial charge in [-0.25, -0.2) is 18.4 Å². The first-order valence-electron chi connectivity index (χ1n) is 7.38. The third-order valence-corrected chi connectivity index (χ3v) is 5.60. The van der Waals surface area contributed by atoms with Crippen LogP contribution in [0.2, 0.25) is 5.02 Å². The van der Waals surface area contributed by atoms with Gasteiger partial charge in [0.15, 0.2) is 0 Å². The molecule has 0 atom stereocenters. The third kappa shape index (κ3) is 3.92. The van der Waals surface area contributed by atoms with E-state index in [9.17, 15) is 8.42 Å². The van der Waals surface area contributed by atoms with Gasteiger partial charge in [0.2, 0.25) is 5.82 Å². The van der Waals surface area contributed by atoms with Crippen LogP contribution in [0.4, 0.5) is 5.82 Å². The number of nitrogens with one attached hydrogen (secondary N) is 1. The van der Waals surface area contributed by atoms with Crippen molar-refractivity contribution in [3.05, 3.63) is 59.8 Å². The lowest BCUT2D eigenvalue weighted by atomic mass is 10.2. The van der Waals surface area contributed by atoms with Gasteiger partial charge in [-0.15, -0.1) is 12.6 Å². The second-order valence-electron chi connectivity index (χ2n) is 5.20. The minimum atomic E-state index is -3.97. The Kier molecular flexibility index (Phi) is 5.36. The zero-order valence-electron chi connectivity index (χ0n) is 13.5. The molecule has 0 aliphatic heterocycles. The molecule has 0 bridgehead atoms. The average Bonchev–Trinajstić information content (AvgIpc) is 2.64. The highest BCUT2D eigenvalue weighted by Gasteiger charge is 2.21. The number of hydrogen-bond acceptors (Lipinski definition) is 6. The lowest BCUT2D eigenvalue weighted by Gasteiger charge is -2.12. The molecule has 0 fully saturated rings. The Bertz CT molecular complexity index is 1040. The van der Waals surface area contributed by atoms with Crippen LogP contribution < -0.4 is 9.46 Å². The number of methoxy groups -OCH3 is 1. The summed E-state index contributed by atoms with van der Waals surface area (Å²) in [5.41, 5.74) is 1.39. The molecule has 0 aliphatic carbocycles. The fraction of sp³-hybridized carbons (Fsp3) is 0.0588. The highest BCUT2D eigenvalue weighted by Crippen LogP contribution is 2.29. The van der Waals surface area contributed by atoms with Gasteiger partial charge in [0.1, 0.15) is 4.90 Å². The van der Waals surface area contributed by atoms with Gasteiger partial charge in [-0.1, -0.05) is 41.9 Å². The zero-order valence-corrected chi connectivity index (χ0v) is 16.0. The first-order chi connectivity index (χ1) is 12.4. The average molecular weight is 408 g/mol. The van der Waals surface area contributed by atoms with Crippen LogP contribution >= 0.6 is 24.2 Å². The van der Waals surface area contributed by atoms with E-state index in [0.717, 1.165) is 5.56 Å². The lowest BCUT2D eigenvalue weighted by Crippen LogP contribution is -2.16. The van der Waals surface area contributed by atoms with Crippen LogP contribution in [0.1, 0.15) is 0 Å². The van der Waals surface area contributed by atoms with Crippen LogP contribution in [-0.4, -0.2) is 25.5 Å². The number of benzene rings is 2. The number of nitrogens with zero attached hydrogens (tertiary/aromatic N) is 2. The first-order valence-corrected chi connectivity index (χ1v) is 9.69. The number of thiol groups is 1. The Hall–Kier alpha value is -2.29. The molecule has 0 amide bonds. The predicted molar refractivity (Wildman–Crippen MR) is 104 cm³/mol. The summed E-state index contributed by atoms with van der Waals surface area (Å²) >= 11 is 10.1. The number of halogens is 1. The molecule has 9 heteroatoms. The maximum absolute atomic E-state index is 12.7. The maximum atomic E-state index is 12.7. The van der Waals surface area contributed by atoms with Crippen LogP contribution in [0, 0.1) is 0 Å². The van der Waals surface area contributed by atoms with Crippen molar-refractivity contribution in [1.82, 2.24) is 9.97 Å². The summed E-state index contributed by atoms with van der Waals surface area (Å²) in [5.74, 6) is 0.0255. The van der Waals surface area contributed by atoms with Crippen molar-refractivity contribution in [2.75, 3.05) is 11.8 Å². The van der Waals surface area contributed by atoms with Gasteiger partial charge in [-0.05, 0) is 18.2 Å². The van der Waals surface area contributed by atoms with Crippen LogP contribution in [0.5, 0.6) is 5.88 Å². The smallest absolute Gasteiger partial charge is 0.264 e. The van der Waals surface area contributed by atoms with Gasteiger partial charge in [0.25, 0.3) is 15.9 Å². The molecule has 2 aromatic carbocycles. The maximum Gasteiger partial charge on any atom is 0.264 e. The van der Waals surface area contributed by atoms with Gasteiger partial charge in [0.05, 0.1) is 19.0 Å². The molecule has 0 radical (unpaired) electrons. The van der Waals surface area contributed by atoms with E-state index in [1.54, 1.807) is 6.07 Å². The Labute approximate surface area is 161 Å². The molecular weight excluding hydrogens is 394 g/mol. The van der Waals surface area contributed by atoms with Crippen molar-refractivity contribution in [3.8, 4) is 17.1 Å². The van der Waals surface area contributed by atoms with E-state index >= 15 is 0 Å². The fourth-order valence-electron chi connectivity index (χ4n) is 2.22. The molecular formula is C17H14ClN3O3S2. The topological polar surface area (TPSA) is 81.2 Å². The number of sulfonamides is 1. The SMILES string of the molecule is COc1nc(-c2ccccc2)cnc1NS(=O)(=O)c1cc(Cl)ccc1S. The molecule has 6 nitrogen and oxygen atoms in total. The minimum Gasteiger partial charge on any atom is -0.478 e. The fourth-order valence-corrected chi connectivity index (χ4v) is 4.08. The molecule has 1 heterocycles.